The maximum Gasteiger partial charge on any atom is 0.119 e. The molecule has 0 aromatic heterocycles. The van der Waals surface area contributed by atoms with Gasteiger partial charge < -0.3 is 15.4 Å². The summed E-state index contributed by atoms with van der Waals surface area (Å²) in [5, 5.41) is 0. The average Bonchev–Trinajstić information content (AvgIpc) is 3.33. The van der Waals surface area contributed by atoms with Crippen LogP contribution in [0.5, 0.6) is 5.75 Å². The Bertz CT molecular complexity index is 731. The van der Waals surface area contributed by atoms with E-state index in [4.69, 9.17) is 10.5 Å². The van der Waals surface area contributed by atoms with Crippen molar-refractivity contribution in [2.24, 2.45) is 17.6 Å². The summed E-state index contributed by atoms with van der Waals surface area (Å²) in [6.07, 6.45) is 9.51. The van der Waals surface area contributed by atoms with Crippen molar-refractivity contribution in [2.45, 2.75) is 57.4 Å². The van der Waals surface area contributed by atoms with Gasteiger partial charge in [-0.3, -0.25) is 0 Å². The summed E-state index contributed by atoms with van der Waals surface area (Å²) in [5.41, 5.74) is 8.40. The summed E-state index contributed by atoms with van der Waals surface area (Å²) >= 11 is 0. The zero-order valence-electron chi connectivity index (χ0n) is 18.3. The Hall–Kier alpha value is -1.84. The molecule has 2 aromatic carbocycles. The first-order valence-corrected chi connectivity index (χ1v) is 12.0. The summed E-state index contributed by atoms with van der Waals surface area (Å²) < 4.78 is 5.91. The van der Waals surface area contributed by atoms with Crippen LogP contribution in [-0.2, 0) is 6.54 Å². The first-order chi connectivity index (χ1) is 14.8. The molecule has 0 bridgehead atoms. The number of nitrogens with two attached hydrogens (primary N) is 1. The van der Waals surface area contributed by atoms with Crippen molar-refractivity contribution in [1.82, 2.24) is 4.90 Å². The highest BCUT2D eigenvalue weighted by Gasteiger charge is 2.34. The molecule has 3 heteroatoms. The van der Waals surface area contributed by atoms with Crippen LogP contribution in [0.25, 0.3) is 0 Å². The molecular formula is C27H38N2O. The van der Waals surface area contributed by atoms with Crippen LogP contribution in [0, 0.1) is 11.8 Å². The Kier molecular flexibility index (Phi) is 7.82. The third-order valence-corrected chi connectivity index (χ3v) is 7.28. The van der Waals surface area contributed by atoms with Crippen molar-refractivity contribution in [3.8, 4) is 5.75 Å². The smallest absolute Gasteiger partial charge is 0.119 e. The number of ether oxygens (including phenoxy) is 1. The zero-order chi connectivity index (χ0) is 20.6. The molecule has 162 valence electrons. The standard InChI is InChI=1S/C27H38N2O/c28-21-22-11-13-26(14-12-22)30-20-6-17-29-18-15-25(16-19-29)27(24-9-4-5-10-24)23-7-2-1-3-8-23/h1-3,7-8,11-14,24-25,27H,4-6,9-10,15-21,28H2/t27-/m0/s1. The van der Waals surface area contributed by atoms with E-state index in [2.05, 4.69) is 35.2 Å². The Labute approximate surface area is 182 Å². The van der Waals surface area contributed by atoms with Crippen LogP contribution >= 0.6 is 0 Å². The van der Waals surface area contributed by atoms with Gasteiger partial charge >= 0.3 is 0 Å². The molecule has 1 saturated heterocycles. The molecule has 30 heavy (non-hydrogen) atoms. The predicted octanol–water partition coefficient (Wildman–Crippen LogP) is 5.60. The highest BCUT2D eigenvalue weighted by molar-refractivity contribution is 5.27. The second-order valence-corrected chi connectivity index (χ2v) is 9.21. The Balaban J connectivity index is 1.22. The molecule has 1 heterocycles. The summed E-state index contributed by atoms with van der Waals surface area (Å²) in [4.78, 5) is 2.65. The zero-order valence-corrected chi connectivity index (χ0v) is 18.3. The van der Waals surface area contributed by atoms with Crippen molar-refractivity contribution < 1.29 is 4.74 Å². The van der Waals surface area contributed by atoms with Gasteiger partial charge in [0.1, 0.15) is 5.75 Å². The molecule has 1 aliphatic heterocycles. The third-order valence-electron chi connectivity index (χ3n) is 7.28. The van der Waals surface area contributed by atoms with Crippen molar-refractivity contribution in [3.63, 3.8) is 0 Å². The van der Waals surface area contributed by atoms with Crippen LogP contribution in [0.2, 0.25) is 0 Å². The molecule has 0 radical (unpaired) electrons. The molecule has 2 aromatic rings. The van der Waals surface area contributed by atoms with Crippen LogP contribution in [-0.4, -0.2) is 31.1 Å². The molecule has 0 amide bonds. The first kappa shape index (κ1) is 21.4. The van der Waals surface area contributed by atoms with E-state index in [0.717, 1.165) is 48.6 Å². The van der Waals surface area contributed by atoms with Gasteiger partial charge in [-0.25, -0.2) is 0 Å². The maximum atomic E-state index is 5.91. The van der Waals surface area contributed by atoms with E-state index in [-0.39, 0.29) is 0 Å². The predicted molar refractivity (Wildman–Crippen MR) is 125 cm³/mol. The van der Waals surface area contributed by atoms with E-state index in [1.807, 2.05) is 24.3 Å². The fraction of sp³-hybridized carbons (Fsp3) is 0.556. The third kappa shape index (κ3) is 5.65. The molecule has 0 unspecified atom stereocenters. The van der Waals surface area contributed by atoms with Gasteiger partial charge in [-0.2, -0.15) is 0 Å². The molecule has 4 rings (SSSR count). The van der Waals surface area contributed by atoms with Crippen molar-refractivity contribution in [2.75, 3.05) is 26.2 Å². The van der Waals surface area contributed by atoms with E-state index in [9.17, 15) is 0 Å². The molecule has 1 aliphatic carbocycles. The highest BCUT2D eigenvalue weighted by atomic mass is 16.5. The lowest BCUT2D eigenvalue weighted by molar-refractivity contribution is 0.142. The van der Waals surface area contributed by atoms with Crippen LogP contribution in [0.3, 0.4) is 0 Å². The van der Waals surface area contributed by atoms with Gasteiger partial charge in [-0.05, 0) is 86.2 Å². The van der Waals surface area contributed by atoms with Gasteiger partial charge in [0, 0.05) is 13.1 Å². The van der Waals surface area contributed by atoms with Gasteiger partial charge in [0.25, 0.3) is 0 Å². The maximum absolute atomic E-state index is 5.91. The molecule has 1 saturated carbocycles. The second kappa shape index (κ2) is 11.0. The van der Waals surface area contributed by atoms with Crippen LogP contribution in [0.4, 0.5) is 0 Å². The SMILES string of the molecule is NCc1ccc(OCCCN2CCC([C@@H](c3ccccc3)C3CCCC3)CC2)cc1. The minimum atomic E-state index is 0.585. The van der Waals surface area contributed by atoms with Gasteiger partial charge in [-0.15, -0.1) is 0 Å². The van der Waals surface area contributed by atoms with Crippen LogP contribution < -0.4 is 10.5 Å². The highest BCUT2D eigenvalue weighted by Crippen LogP contribution is 2.45. The van der Waals surface area contributed by atoms with Crippen molar-refractivity contribution in [3.05, 3.63) is 65.7 Å². The monoisotopic (exact) mass is 406 g/mol. The summed E-state index contributed by atoms with van der Waals surface area (Å²) in [6.45, 7) is 5.00. The fourth-order valence-corrected chi connectivity index (χ4v) is 5.66. The number of rotatable bonds is 9. The number of benzene rings is 2. The average molecular weight is 407 g/mol. The molecule has 2 fully saturated rings. The largest absolute Gasteiger partial charge is 0.494 e. The molecule has 2 aliphatic rings. The lowest BCUT2D eigenvalue weighted by Gasteiger charge is -2.39. The topological polar surface area (TPSA) is 38.5 Å². The molecule has 2 N–H and O–H groups in total. The Morgan fingerprint density at radius 1 is 0.867 bits per heavy atom. The summed E-state index contributed by atoms with van der Waals surface area (Å²) in [5.74, 6) is 3.48. The second-order valence-electron chi connectivity index (χ2n) is 9.21. The van der Waals surface area contributed by atoms with Gasteiger partial charge in [0.15, 0.2) is 0 Å². The lowest BCUT2D eigenvalue weighted by atomic mass is 9.72. The molecule has 1 atom stereocenters. The van der Waals surface area contributed by atoms with Gasteiger partial charge in [0.2, 0.25) is 0 Å². The Morgan fingerprint density at radius 2 is 1.53 bits per heavy atom. The Morgan fingerprint density at radius 3 is 2.20 bits per heavy atom. The van der Waals surface area contributed by atoms with Crippen LogP contribution in [0.15, 0.2) is 54.6 Å². The number of hydrogen-bond acceptors (Lipinski definition) is 3. The van der Waals surface area contributed by atoms with Gasteiger partial charge in [-0.1, -0.05) is 55.3 Å². The first-order valence-electron chi connectivity index (χ1n) is 12.0. The van der Waals surface area contributed by atoms with Crippen LogP contribution in [0.1, 0.15) is 62.0 Å². The van der Waals surface area contributed by atoms with E-state index in [1.165, 1.54) is 51.6 Å². The minimum Gasteiger partial charge on any atom is -0.494 e. The van der Waals surface area contributed by atoms with E-state index < -0.39 is 0 Å². The number of piperidine rings is 1. The quantitative estimate of drug-likeness (QED) is 0.551. The van der Waals surface area contributed by atoms with Crippen molar-refractivity contribution >= 4 is 0 Å². The van der Waals surface area contributed by atoms with E-state index >= 15 is 0 Å². The lowest BCUT2D eigenvalue weighted by Crippen LogP contribution is -2.37. The summed E-state index contributed by atoms with van der Waals surface area (Å²) in [7, 11) is 0. The van der Waals surface area contributed by atoms with E-state index in [0.29, 0.717) is 6.54 Å². The number of nitrogens with zero attached hydrogens (tertiary/aromatic N) is 1. The normalized spacial score (nSPS) is 19.8. The number of hydrogen-bond donors (Lipinski definition) is 1. The minimum absolute atomic E-state index is 0.585. The fourth-order valence-electron chi connectivity index (χ4n) is 5.66. The summed E-state index contributed by atoms with van der Waals surface area (Å²) in [6, 6.07) is 19.5. The van der Waals surface area contributed by atoms with E-state index in [1.54, 1.807) is 5.56 Å². The van der Waals surface area contributed by atoms with Gasteiger partial charge in [0.05, 0.1) is 6.61 Å². The number of likely N-dealkylation sites (tertiary alicyclic amines) is 1. The molecular weight excluding hydrogens is 368 g/mol. The molecule has 0 spiro atoms. The van der Waals surface area contributed by atoms with Crippen molar-refractivity contribution in [1.29, 1.82) is 0 Å². The molecule has 3 nitrogen and oxygen atoms in total.